The van der Waals surface area contributed by atoms with Crippen molar-refractivity contribution in [3.8, 4) is 17.2 Å². The zero-order chi connectivity index (χ0) is 21.5. The van der Waals surface area contributed by atoms with Gasteiger partial charge in [0.05, 0.1) is 34.4 Å². The minimum atomic E-state index is -0.238. The number of rotatable bonds is 9. The van der Waals surface area contributed by atoms with Gasteiger partial charge in [0.2, 0.25) is 0 Å². The Kier molecular flexibility index (Phi) is 7.48. The van der Waals surface area contributed by atoms with Crippen molar-refractivity contribution in [2.45, 2.75) is 19.9 Å². The second-order valence-corrected chi connectivity index (χ2v) is 7.39. The zero-order valence-corrected chi connectivity index (χ0v) is 18.5. The van der Waals surface area contributed by atoms with E-state index in [0.717, 1.165) is 15.8 Å². The van der Waals surface area contributed by atoms with Crippen LogP contribution in [0.2, 0.25) is 0 Å². The van der Waals surface area contributed by atoms with Gasteiger partial charge in [-0.15, -0.1) is 0 Å². The Morgan fingerprint density at radius 3 is 2.53 bits per heavy atom. The zero-order valence-electron chi connectivity index (χ0n) is 17.6. The van der Waals surface area contributed by atoms with E-state index in [1.165, 1.54) is 11.3 Å². The molecule has 1 amide bonds. The summed E-state index contributed by atoms with van der Waals surface area (Å²) >= 11 is 1.40. The number of ether oxygens (including phenoxy) is 4. The lowest BCUT2D eigenvalue weighted by atomic mass is 10.1. The summed E-state index contributed by atoms with van der Waals surface area (Å²) in [5, 5.41) is 0. The molecule has 0 spiro atoms. The van der Waals surface area contributed by atoms with Gasteiger partial charge in [-0.2, -0.15) is 4.99 Å². The lowest BCUT2D eigenvalue weighted by Gasteiger charge is -2.10. The molecule has 0 saturated carbocycles. The third-order valence-corrected chi connectivity index (χ3v) is 5.66. The van der Waals surface area contributed by atoms with E-state index in [4.69, 9.17) is 18.9 Å². The number of aromatic nitrogens is 1. The molecule has 0 aliphatic heterocycles. The lowest BCUT2D eigenvalue weighted by molar-refractivity contribution is -0.117. The molecule has 0 unspecified atom stereocenters. The topological polar surface area (TPSA) is 71.3 Å². The summed E-state index contributed by atoms with van der Waals surface area (Å²) in [5.41, 5.74) is 1.69. The number of methoxy groups -OCH3 is 3. The van der Waals surface area contributed by atoms with Gasteiger partial charge in [-0.1, -0.05) is 23.5 Å². The summed E-state index contributed by atoms with van der Waals surface area (Å²) in [6.45, 7) is 3.61. The molecular weight excluding hydrogens is 404 g/mol. The van der Waals surface area contributed by atoms with Gasteiger partial charge in [-0.3, -0.25) is 4.79 Å². The molecule has 0 atom stereocenters. The monoisotopic (exact) mass is 430 g/mol. The van der Waals surface area contributed by atoms with Crippen molar-refractivity contribution in [1.82, 2.24) is 4.57 Å². The summed E-state index contributed by atoms with van der Waals surface area (Å²) in [7, 11) is 4.84. The van der Waals surface area contributed by atoms with Crippen molar-refractivity contribution in [3.63, 3.8) is 0 Å². The van der Waals surface area contributed by atoms with Crippen LogP contribution in [0.1, 0.15) is 12.5 Å². The fraction of sp³-hybridized carbons (Fsp3) is 0.364. The molecule has 0 fully saturated rings. The summed E-state index contributed by atoms with van der Waals surface area (Å²) < 4.78 is 24.7. The average Bonchev–Trinajstić information content (AvgIpc) is 3.11. The van der Waals surface area contributed by atoms with Crippen LogP contribution in [-0.2, 0) is 22.5 Å². The molecule has 2 aromatic carbocycles. The van der Waals surface area contributed by atoms with Crippen molar-refractivity contribution in [1.29, 1.82) is 0 Å². The molecule has 0 aliphatic carbocycles. The van der Waals surface area contributed by atoms with Gasteiger partial charge in [0.25, 0.3) is 5.91 Å². The Morgan fingerprint density at radius 1 is 1.07 bits per heavy atom. The van der Waals surface area contributed by atoms with Crippen LogP contribution in [0.25, 0.3) is 10.2 Å². The van der Waals surface area contributed by atoms with Crippen LogP contribution >= 0.6 is 11.3 Å². The van der Waals surface area contributed by atoms with Crippen molar-refractivity contribution in [2.75, 3.05) is 34.5 Å². The van der Waals surface area contributed by atoms with Crippen LogP contribution in [0.15, 0.2) is 41.4 Å². The fourth-order valence-corrected chi connectivity index (χ4v) is 4.33. The van der Waals surface area contributed by atoms with Gasteiger partial charge < -0.3 is 23.5 Å². The molecule has 0 saturated heterocycles. The van der Waals surface area contributed by atoms with Gasteiger partial charge in [0.1, 0.15) is 27.5 Å². The Morgan fingerprint density at radius 2 is 1.83 bits per heavy atom. The molecular formula is C22H26N2O5S. The number of carbonyl (C=O) groups excluding carboxylic acids is 1. The first-order valence-electron chi connectivity index (χ1n) is 9.63. The Balaban J connectivity index is 2.05. The highest BCUT2D eigenvalue weighted by atomic mass is 32.1. The highest BCUT2D eigenvalue weighted by Gasteiger charge is 2.16. The lowest BCUT2D eigenvalue weighted by Crippen LogP contribution is -2.20. The van der Waals surface area contributed by atoms with Gasteiger partial charge in [-0.25, -0.2) is 0 Å². The molecule has 0 bridgehead atoms. The van der Waals surface area contributed by atoms with Gasteiger partial charge in [0, 0.05) is 13.2 Å². The summed E-state index contributed by atoms with van der Waals surface area (Å²) in [6, 6.07) is 11.1. The number of hydrogen-bond donors (Lipinski definition) is 0. The van der Waals surface area contributed by atoms with Crippen LogP contribution < -0.4 is 19.0 Å². The molecule has 3 aromatic rings. The SMILES string of the molecule is CCOCCn1c(=NC(=O)Cc2cccc(OC)c2)sc2c(OC)ccc(OC)c21. The van der Waals surface area contributed by atoms with Crippen LogP contribution in [0.3, 0.4) is 0 Å². The van der Waals surface area contributed by atoms with Crippen LogP contribution in [0, 0.1) is 0 Å². The van der Waals surface area contributed by atoms with E-state index in [1.807, 2.05) is 47.9 Å². The van der Waals surface area contributed by atoms with E-state index in [1.54, 1.807) is 21.3 Å². The molecule has 0 aliphatic rings. The largest absolute Gasteiger partial charge is 0.497 e. The molecule has 1 aromatic heterocycles. The van der Waals surface area contributed by atoms with Gasteiger partial charge in [-0.05, 0) is 36.8 Å². The van der Waals surface area contributed by atoms with E-state index in [9.17, 15) is 4.79 Å². The highest BCUT2D eigenvalue weighted by molar-refractivity contribution is 7.16. The van der Waals surface area contributed by atoms with E-state index < -0.39 is 0 Å². The molecule has 30 heavy (non-hydrogen) atoms. The van der Waals surface area contributed by atoms with Crippen molar-refractivity contribution in [3.05, 3.63) is 46.8 Å². The summed E-state index contributed by atoms with van der Waals surface area (Å²) in [4.78, 5) is 17.7. The second kappa shape index (κ2) is 10.3. The number of carbonyl (C=O) groups is 1. The number of fused-ring (bicyclic) bond motifs is 1. The normalized spacial score (nSPS) is 11.7. The first-order chi connectivity index (χ1) is 14.6. The standard InChI is InChI=1S/C22H26N2O5S/c1-5-29-12-11-24-20-17(27-3)9-10-18(28-4)21(20)30-22(24)23-19(25)14-15-7-6-8-16(13-15)26-2/h6-10,13H,5,11-12,14H2,1-4H3. The first kappa shape index (κ1) is 21.9. The summed E-state index contributed by atoms with van der Waals surface area (Å²) in [5.74, 6) is 1.88. The maximum Gasteiger partial charge on any atom is 0.252 e. The van der Waals surface area contributed by atoms with Crippen LogP contribution in [0.5, 0.6) is 17.2 Å². The summed E-state index contributed by atoms with van der Waals surface area (Å²) in [6.07, 6.45) is 0.186. The highest BCUT2D eigenvalue weighted by Crippen LogP contribution is 2.35. The first-order valence-corrected chi connectivity index (χ1v) is 10.5. The minimum Gasteiger partial charge on any atom is -0.497 e. The molecule has 7 nitrogen and oxygen atoms in total. The molecule has 0 N–H and O–H groups in total. The number of amides is 1. The molecule has 8 heteroatoms. The number of benzene rings is 2. The molecule has 3 rings (SSSR count). The Bertz CT molecular complexity index is 1090. The van der Waals surface area contributed by atoms with Crippen LogP contribution in [0.4, 0.5) is 0 Å². The van der Waals surface area contributed by atoms with Crippen LogP contribution in [-0.4, -0.2) is 45.0 Å². The maximum atomic E-state index is 12.7. The fourth-order valence-electron chi connectivity index (χ4n) is 3.15. The Labute approximate surface area is 179 Å². The second-order valence-electron chi connectivity index (χ2n) is 6.41. The number of thiazole rings is 1. The van der Waals surface area contributed by atoms with E-state index in [0.29, 0.717) is 41.8 Å². The predicted molar refractivity (Wildman–Crippen MR) is 117 cm³/mol. The van der Waals surface area contributed by atoms with E-state index >= 15 is 0 Å². The number of hydrogen-bond acceptors (Lipinski definition) is 6. The quantitative estimate of drug-likeness (QED) is 0.487. The maximum absolute atomic E-state index is 12.7. The van der Waals surface area contributed by atoms with E-state index in [2.05, 4.69) is 4.99 Å². The molecule has 0 radical (unpaired) electrons. The third-order valence-electron chi connectivity index (χ3n) is 4.57. The Hall–Kier alpha value is -2.84. The van der Waals surface area contributed by atoms with E-state index in [-0.39, 0.29) is 12.3 Å². The predicted octanol–water partition coefficient (Wildman–Crippen LogP) is 3.44. The van der Waals surface area contributed by atoms with Crippen molar-refractivity contribution < 1.29 is 23.7 Å². The third kappa shape index (κ3) is 4.83. The van der Waals surface area contributed by atoms with Gasteiger partial charge in [0.15, 0.2) is 4.80 Å². The minimum absolute atomic E-state index is 0.186. The number of nitrogens with zero attached hydrogens (tertiary/aromatic N) is 2. The molecule has 1 heterocycles. The smallest absolute Gasteiger partial charge is 0.252 e. The van der Waals surface area contributed by atoms with Crippen molar-refractivity contribution >= 4 is 27.5 Å². The average molecular weight is 431 g/mol. The van der Waals surface area contributed by atoms with Crippen molar-refractivity contribution in [2.24, 2.45) is 4.99 Å². The molecule has 160 valence electrons. The van der Waals surface area contributed by atoms with Gasteiger partial charge >= 0.3 is 0 Å².